The molecule has 0 bridgehead atoms. The van der Waals surface area contributed by atoms with Crippen molar-refractivity contribution in [2.75, 3.05) is 13.1 Å². The third-order valence-corrected chi connectivity index (χ3v) is 4.20. The van der Waals surface area contributed by atoms with Crippen molar-refractivity contribution >= 4 is 11.9 Å². The fraction of sp³-hybridized carbons (Fsp3) is 0.846. The van der Waals surface area contributed by atoms with Gasteiger partial charge in [0.25, 0.3) is 0 Å². The van der Waals surface area contributed by atoms with Crippen LogP contribution in [0.5, 0.6) is 0 Å². The molecule has 17 heavy (non-hydrogen) atoms. The van der Waals surface area contributed by atoms with Crippen molar-refractivity contribution in [2.45, 2.75) is 32.1 Å². The van der Waals surface area contributed by atoms with Crippen molar-refractivity contribution in [2.24, 2.45) is 23.7 Å². The summed E-state index contributed by atoms with van der Waals surface area (Å²) in [6.07, 6.45) is 5.86. The number of aliphatic carboxylic acids is 1. The summed E-state index contributed by atoms with van der Waals surface area (Å²) in [6.45, 7) is 0.558. The van der Waals surface area contributed by atoms with Crippen LogP contribution >= 0.6 is 0 Å². The highest BCUT2D eigenvalue weighted by Crippen LogP contribution is 2.55. The largest absolute Gasteiger partial charge is 0.480 e. The first-order chi connectivity index (χ1) is 8.15. The number of carbonyl (C=O) groups excluding carboxylic acids is 1. The first-order valence-corrected chi connectivity index (χ1v) is 6.65. The number of amides is 1. The first kappa shape index (κ1) is 11.1. The summed E-state index contributed by atoms with van der Waals surface area (Å²) < 4.78 is 0. The molecule has 0 spiro atoms. The van der Waals surface area contributed by atoms with Crippen LogP contribution in [0.2, 0.25) is 0 Å². The average molecular weight is 237 g/mol. The van der Waals surface area contributed by atoms with Gasteiger partial charge in [-0.05, 0) is 49.9 Å². The van der Waals surface area contributed by atoms with Crippen molar-refractivity contribution < 1.29 is 14.7 Å². The molecule has 0 radical (unpaired) electrons. The SMILES string of the molecule is O=C(O)CN(CC1CC1)C(=O)C1CC1C1CC1. The molecule has 0 heterocycles. The maximum atomic E-state index is 12.2. The molecule has 1 amide bonds. The van der Waals surface area contributed by atoms with E-state index in [1.54, 1.807) is 4.90 Å². The lowest BCUT2D eigenvalue weighted by Gasteiger charge is -2.20. The zero-order valence-electron chi connectivity index (χ0n) is 9.97. The zero-order chi connectivity index (χ0) is 12.0. The summed E-state index contributed by atoms with van der Waals surface area (Å²) in [5, 5.41) is 8.86. The summed E-state index contributed by atoms with van der Waals surface area (Å²) in [5.41, 5.74) is 0. The zero-order valence-corrected chi connectivity index (χ0v) is 9.97. The second-order valence-corrected chi connectivity index (χ2v) is 5.90. The predicted octanol–water partition coefficient (Wildman–Crippen LogP) is 1.36. The standard InChI is InChI=1S/C13H19NO3/c15-12(16)7-14(6-8-1-2-8)13(17)11-5-10(11)9-3-4-9/h8-11H,1-7H2,(H,15,16). The van der Waals surface area contributed by atoms with Gasteiger partial charge in [0.15, 0.2) is 0 Å². The maximum Gasteiger partial charge on any atom is 0.323 e. The predicted molar refractivity (Wildman–Crippen MR) is 61.3 cm³/mol. The highest BCUT2D eigenvalue weighted by Gasteiger charge is 2.52. The molecule has 3 rings (SSSR count). The fourth-order valence-electron chi connectivity index (χ4n) is 2.79. The van der Waals surface area contributed by atoms with Crippen LogP contribution in [0.4, 0.5) is 0 Å². The highest BCUT2D eigenvalue weighted by molar-refractivity contribution is 5.85. The summed E-state index contributed by atoms with van der Waals surface area (Å²) in [5.74, 6) is 1.30. The molecule has 4 heteroatoms. The molecular formula is C13H19NO3. The van der Waals surface area contributed by atoms with E-state index >= 15 is 0 Å². The first-order valence-electron chi connectivity index (χ1n) is 6.65. The third kappa shape index (κ3) is 2.61. The van der Waals surface area contributed by atoms with Gasteiger partial charge < -0.3 is 10.0 Å². The number of carboxylic acids is 1. The molecule has 2 atom stereocenters. The quantitative estimate of drug-likeness (QED) is 0.758. The molecule has 2 unspecified atom stereocenters. The molecule has 3 aliphatic carbocycles. The molecule has 1 N–H and O–H groups in total. The molecule has 0 saturated heterocycles. The second-order valence-electron chi connectivity index (χ2n) is 5.90. The average Bonchev–Trinajstić information content (AvgIpc) is 3.11. The minimum atomic E-state index is -0.886. The lowest BCUT2D eigenvalue weighted by Crippen LogP contribution is -2.38. The van der Waals surface area contributed by atoms with E-state index in [9.17, 15) is 9.59 Å². The van der Waals surface area contributed by atoms with Crippen LogP contribution in [0.1, 0.15) is 32.1 Å². The van der Waals surface area contributed by atoms with E-state index < -0.39 is 5.97 Å². The van der Waals surface area contributed by atoms with Crippen LogP contribution in [0, 0.1) is 23.7 Å². The Balaban J connectivity index is 1.56. The second kappa shape index (κ2) is 4.00. The monoisotopic (exact) mass is 237 g/mol. The molecule has 4 nitrogen and oxygen atoms in total. The fourth-order valence-corrected chi connectivity index (χ4v) is 2.79. The molecule has 3 saturated carbocycles. The molecule has 0 aromatic heterocycles. The van der Waals surface area contributed by atoms with E-state index in [1.807, 2.05) is 0 Å². The lowest BCUT2D eigenvalue weighted by atomic mass is 10.2. The van der Waals surface area contributed by atoms with Crippen LogP contribution in [-0.4, -0.2) is 35.0 Å². The van der Waals surface area contributed by atoms with Crippen molar-refractivity contribution in [3.05, 3.63) is 0 Å². The Hall–Kier alpha value is -1.06. The summed E-state index contributed by atoms with van der Waals surface area (Å²) >= 11 is 0. The van der Waals surface area contributed by atoms with Crippen LogP contribution in [0.15, 0.2) is 0 Å². The summed E-state index contributed by atoms with van der Waals surface area (Å²) in [6, 6.07) is 0. The number of carbonyl (C=O) groups is 2. The van der Waals surface area contributed by atoms with E-state index in [4.69, 9.17) is 5.11 Å². The van der Waals surface area contributed by atoms with E-state index in [1.165, 1.54) is 12.8 Å². The summed E-state index contributed by atoms with van der Waals surface area (Å²) in [7, 11) is 0. The Morgan fingerprint density at radius 2 is 1.88 bits per heavy atom. The van der Waals surface area contributed by atoms with E-state index in [2.05, 4.69) is 0 Å². The molecular weight excluding hydrogens is 218 g/mol. The maximum absolute atomic E-state index is 12.2. The van der Waals surface area contributed by atoms with Crippen molar-refractivity contribution in [3.8, 4) is 0 Å². The van der Waals surface area contributed by atoms with Gasteiger partial charge in [-0.2, -0.15) is 0 Å². The van der Waals surface area contributed by atoms with Crippen LogP contribution in [0.25, 0.3) is 0 Å². The Labute approximate surface area is 101 Å². The van der Waals surface area contributed by atoms with Gasteiger partial charge in [0.1, 0.15) is 6.54 Å². The molecule has 94 valence electrons. The molecule has 3 aliphatic rings. The number of rotatable bonds is 6. The minimum absolute atomic E-state index is 0.108. The number of nitrogens with zero attached hydrogens (tertiary/aromatic N) is 1. The van der Waals surface area contributed by atoms with Gasteiger partial charge in [0.2, 0.25) is 5.91 Å². The summed E-state index contributed by atoms with van der Waals surface area (Å²) in [4.78, 5) is 24.6. The highest BCUT2D eigenvalue weighted by atomic mass is 16.4. The Kier molecular flexibility index (Phi) is 2.60. The Morgan fingerprint density at radius 1 is 1.18 bits per heavy atom. The Morgan fingerprint density at radius 3 is 2.41 bits per heavy atom. The van der Waals surface area contributed by atoms with Gasteiger partial charge in [-0.25, -0.2) is 0 Å². The van der Waals surface area contributed by atoms with Crippen molar-refractivity contribution in [1.82, 2.24) is 4.90 Å². The molecule has 0 aromatic rings. The van der Waals surface area contributed by atoms with Crippen molar-refractivity contribution in [1.29, 1.82) is 0 Å². The van der Waals surface area contributed by atoms with Gasteiger partial charge >= 0.3 is 5.97 Å². The minimum Gasteiger partial charge on any atom is -0.480 e. The molecule has 0 aliphatic heterocycles. The molecule has 3 fully saturated rings. The van der Waals surface area contributed by atoms with Gasteiger partial charge in [-0.1, -0.05) is 0 Å². The van der Waals surface area contributed by atoms with Crippen LogP contribution in [0.3, 0.4) is 0 Å². The Bertz CT molecular complexity index is 347. The number of hydrogen-bond acceptors (Lipinski definition) is 2. The van der Waals surface area contributed by atoms with Gasteiger partial charge in [-0.3, -0.25) is 9.59 Å². The van der Waals surface area contributed by atoms with E-state index in [0.717, 1.165) is 25.2 Å². The number of carboxylic acid groups (broad SMARTS) is 1. The van der Waals surface area contributed by atoms with Gasteiger partial charge in [0.05, 0.1) is 0 Å². The molecule has 0 aromatic carbocycles. The van der Waals surface area contributed by atoms with Crippen LogP contribution in [-0.2, 0) is 9.59 Å². The topological polar surface area (TPSA) is 57.6 Å². The number of hydrogen-bond donors (Lipinski definition) is 1. The normalized spacial score (nSPS) is 31.1. The van der Waals surface area contributed by atoms with E-state index in [-0.39, 0.29) is 18.4 Å². The third-order valence-electron chi connectivity index (χ3n) is 4.20. The lowest BCUT2D eigenvalue weighted by molar-refractivity contribution is -0.145. The van der Waals surface area contributed by atoms with Gasteiger partial charge in [0, 0.05) is 12.5 Å². The van der Waals surface area contributed by atoms with Crippen LogP contribution < -0.4 is 0 Å². The van der Waals surface area contributed by atoms with E-state index in [0.29, 0.717) is 18.4 Å². The smallest absolute Gasteiger partial charge is 0.323 e. The van der Waals surface area contributed by atoms with Crippen molar-refractivity contribution in [3.63, 3.8) is 0 Å². The van der Waals surface area contributed by atoms with Gasteiger partial charge in [-0.15, -0.1) is 0 Å².